The van der Waals surface area contributed by atoms with Gasteiger partial charge in [0.1, 0.15) is 0 Å². The van der Waals surface area contributed by atoms with Crippen LogP contribution in [0.3, 0.4) is 0 Å². The topological polar surface area (TPSA) is 96.2 Å². The molecule has 148 valence electrons. The molecule has 6 nitrogen and oxygen atoms in total. The van der Waals surface area contributed by atoms with Crippen LogP contribution in [0.2, 0.25) is 0 Å². The van der Waals surface area contributed by atoms with Crippen molar-refractivity contribution < 1.29 is 9.59 Å². The Morgan fingerprint density at radius 2 is 1.61 bits per heavy atom. The minimum absolute atomic E-state index is 0.0947. The van der Waals surface area contributed by atoms with Gasteiger partial charge in [-0.2, -0.15) is 0 Å². The van der Waals surface area contributed by atoms with E-state index in [4.69, 9.17) is 5.73 Å². The fourth-order valence-corrected chi connectivity index (χ4v) is 3.54. The highest BCUT2D eigenvalue weighted by Crippen LogP contribution is 2.26. The molecule has 1 aliphatic rings. The van der Waals surface area contributed by atoms with Gasteiger partial charge in [0.2, 0.25) is 5.91 Å². The van der Waals surface area contributed by atoms with Gasteiger partial charge in [0, 0.05) is 17.9 Å². The van der Waals surface area contributed by atoms with E-state index in [1.807, 2.05) is 55.5 Å². The lowest BCUT2D eigenvalue weighted by molar-refractivity contribution is -0.127. The van der Waals surface area contributed by atoms with E-state index in [9.17, 15) is 9.59 Å². The van der Waals surface area contributed by atoms with Gasteiger partial charge in [-0.25, -0.2) is 4.79 Å². The molecule has 0 atom stereocenters. The number of aryl methyl sites for hydroxylation is 1. The Labute approximate surface area is 165 Å². The maximum atomic E-state index is 12.5. The molecule has 2 aromatic rings. The van der Waals surface area contributed by atoms with E-state index in [0.717, 1.165) is 48.9 Å². The summed E-state index contributed by atoms with van der Waals surface area (Å²) in [5.41, 5.74) is 8.90. The smallest absolute Gasteiger partial charge is 0.323 e. The van der Waals surface area contributed by atoms with Crippen LogP contribution in [0.15, 0.2) is 48.5 Å². The van der Waals surface area contributed by atoms with Crippen molar-refractivity contribution in [2.75, 3.05) is 10.6 Å². The minimum Gasteiger partial charge on any atom is -0.350 e. The average molecular weight is 380 g/mol. The molecule has 0 radical (unpaired) electrons. The molecule has 2 aromatic carbocycles. The summed E-state index contributed by atoms with van der Waals surface area (Å²) in [5, 5.41) is 8.58. The molecule has 0 aromatic heterocycles. The third kappa shape index (κ3) is 5.33. The summed E-state index contributed by atoms with van der Waals surface area (Å²) in [4.78, 5) is 24.7. The Morgan fingerprint density at radius 3 is 2.29 bits per heavy atom. The number of rotatable bonds is 5. The number of benzene rings is 2. The first-order valence-corrected chi connectivity index (χ1v) is 9.75. The minimum atomic E-state index is -0.748. The third-order valence-electron chi connectivity index (χ3n) is 5.11. The van der Waals surface area contributed by atoms with Crippen LogP contribution in [0, 0.1) is 6.92 Å². The molecule has 3 amide bonds. The van der Waals surface area contributed by atoms with Gasteiger partial charge in [-0.15, -0.1) is 0 Å². The number of carbonyl (C=O) groups is 2. The number of amides is 3. The van der Waals surface area contributed by atoms with E-state index >= 15 is 0 Å². The largest absolute Gasteiger partial charge is 0.350 e. The quantitative estimate of drug-likeness (QED) is 0.633. The van der Waals surface area contributed by atoms with Gasteiger partial charge < -0.3 is 21.7 Å². The Kier molecular flexibility index (Phi) is 6.31. The number of hydrogen-bond acceptors (Lipinski definition) is 3. The molecule has 0 saturated heterocycles. The number of carbonyl (C=O) groups excluding carboxylic acids is 2. The van der Waals surface area contributed by atoms with Gasteiger partial charge in [-0.3, -0.25) is 4.79 Å². The molecule has 0 spiro atoms. The molecule has 0 unspecified atom stereocenters. The van der Waals surface area contributed by atoms with Crippen LogP contribution < -0.4 is 21.7 Å². The molecule has 0 aliphatic heterocycles. The first-order chi connectivity index (χ1) is 13.4. The van der Waals surface area contributed by atoms with Crippen molar-refractivity contribution in [3.8, 4) is 0 Å². The second-order valence-corrected chi connectivity index (χ2v) is 7.55. The van der Waals surface area contributed by atoms with Crippen LogP contribution >= 0.6 is 0 Å². The monoisotopic (exact) mass is 380 g/mol. The lowest BCUT2D eigenvalue weighted by Crippen LogP contribution is -2.54. The van der Waals surface area contributed by atoms with Crippen LogP contribution in [-0.2, 0) is 11.3 Å². The standard InChI is InChI=1S/C22H28N4O2/c1-16-7-5-9-18(13-16)25-21(28)26-19-10-6-8-17(14-19)15-24-20(27)22(23)11-3-2-4-12-22/h5-10,13-14H,2-4,11-12,15,23H2,1H3,(H,24,27)(H2,25,26,28). The molecule has 1 saturated carbocycles. The van der Waals surface area contributed by atoms with Crippen molar-refractivity contribution in [3.05, 3.63) is 59.7 Å². The summed E-state index contributed by atoms with van der Waals surface area (Å²) in [6, 6.07) is 14.7. The number of nitrogens with two attached hydrogens (primary N) is 1. The van der Waals surface area contributed by atoms with E-state index in [1.54, 1.807) is 0 Å². The van der Waals surface area contributed by atoms with Gasteiger partial charge in [-0.1, -0.05) is 43.5 Å². The lowest BCUT2D eigenvalue weighted by atomic mass is 9.82. The van der Waals surface area contributed by atoms with Gasteiger partial charge in [0.05, 0.1) is 5.54 Å². The number of nitrogens with one attached hydrogen (secondary N) is 3. The maximum absolute atomic E-state index is 12.5. The van der Waals surface area contributed by atoms with E-state index in [1.165, 1.54) is 0 Å². The van der Waals surface area contributed by atoms with E-state index in [2.05, 4.69) is 16.0 Å². The van der Waals surface area contributed by atoms with Crippen molar-refractivity contribution in [2.45, 2.75) is 51.1 Å². The predicted molar refractivity (Wildman–Crippen MR) is 112 cm³/mol. The highest BCUT2D eigenvalue weighted by Gasteiger charge is 2.34. The van der Waals surface area contributed by atoms with Crippen LogP contribution in [0.5, 0.6) is 0 Å². The second-order valence-electron chi connectivity index (χ2n) is 7.55. The van der Waals surface area contributed by atoms with Gasteiger partial charge in [0.25, 0.3) is 0 Å². The molecule has 28 heavy (non-hydrogen) atoms. The van der Waals surface area contributed by atoms with Crippen molar-refractivity contribution in [2.24, 2.45) is 5.73 Å². The highest BCUT2D eigenvalue weighted by molar-refractivity contribution is 5.99. The zero-order valence-corrected chi connectivity index (χ0v) is 16.3. The summed E-state index contributed by atoms with van der Waals surface area (Å²) in [6.07, 6.45) is 4.61. The average Bonchev–Trinajstić information content (AvgIpc) is 2.67. The molecular weight excluding hydrogens is 352 g/mol. The van der Waals surface area contributed by atoms with Crippen molar-refractivity contribution in [1.29, 1.82) is 0 Å². The lowest BCUT2D eigenvalue weighted by Gasteiger charge is -2.31. The van der Waals surface area contributed by atoms with Crippen molar-refractivity contribution in [3.63, 3.8) is 0 Å². The predicted octanol–water partition coefficient (Wildman–Crippen LogP) is 3.92. The van der Waals surface area contributed by atoms with Gasteiger partial charge in [-0.05, 0) is 55.2 Å². The highest BCUT2D eigenvalue weighted by atomic mass is 16.2. The van der Waals surface area contributed by atoms with Crippen LogP contribution in [-0.4, -0.2) is 17.5 Å². The fourth-order valence-electron chi connectivity index (χ4n) is 3.54. The Balaban J connectivity index is 1.54. The van der Waals surface area contributed by atoms with Gasteiger partial charge in [0.15, 0.2) is 0 Å². The fraction of sp³-hybridized carbons (Fsp3) is 0.364. The summed E-state index contributed by atoms with van der Waals surface area (Å²) in [6.45, 7) is 2.35. The number of hydrogen-bond donors (Lipinski definition) is 4. The molecule has 3 rings (SSSR count). The summed E-state index contributed by atoms with van der Waals surface area (Å²) >= 11 is 0. The first kappa shape index (κ1) is 19.9. The SMILES string of the molecule is Cc1cccc(NC(=O)Nc2cccc(CNC(=O)C3(N)CCCCC3)c2)c1. The van der Waals surface area contributed by atoms with Crippen molar-refractivity contribution >= 4 is 23.3 Å². The van der Waals surface area contributed by atoms with E-state index in [-0.39, 0.29) is 11.9 Å². The Hall–Kier alpha value is -2.86. The molecule has 5 N–H and O–H groups in total. The third-order valence-corrected chi connectivity index (χ3v) is 5.11. The first-order valence-electron chi connectivity index (χ1n) is 9.75. The Morgan fingerprint density at radius 1 is 0.964 bits per heavy atom. The molecule has 0 heterocycles. The van der Waals surface area contributed by atoms with Crippen LogP contribution in [0.4, 0.5) is 16.2 Å². The summed E-state index contributed by atoms with van der Waals surface area (Å²) < 4.78 is 0. The molecular formula is C22H28N4O2. The normalized spacial score (nSPS) is 15.5. The summed E-state index contributed by atoms with van der Waals surface area (Å²) in [5.74, 6) is -0.0947. The molecule has 6 heteroatoms. The second kappa shape index (κ2) is 8.89. The zero-order chi connectivity index (χ0) is 20.0. The zero-order valence-electron chi connectivity index (χ0n) is 16.3. The van der Waals surface area contributed by atoms with Crippen molar-refractivity contribution in [1.82, 2.24) is 5.32 Å². The summed E-state index contributed by atoms with van der Waals surface area (Å²) in [7, 11) is 0. The van der Waals surface area contributed by atoms with E-state index < -0.39 is 5.54 Å². The maximum Gasteiger partial charge on any atom is 0.323 e. The van der Waals surface area contributed by atoms with Gasteiger partial charge >= 0.3 is 6.03 Å². The Bertz CT molecular complexity index is 844. The van der Waals surface area contributed by atoms with E-state index in [0.29, 0.717) is 12.2 Å². The van der Waals surface area contributed by atoms with Crippen LogP contribution in [0.1, 0.15) is 43.2 Å². The van der Waals surface area contributed by atoms with Crippen LogP contribution in [0.25, 0.3) is 0 Å². The molecule has 0 bridgehead atoms. The molecule has 1 aliphatic carbocycles. The molecule has 1 fully saturated rings. The number of urea groups is 1. The number of anilines is 2.